The minimum absolute atomic E-state index is 1.24. The van der Waals surface area contributed by atoms with Crippen LogP contribution >= 0.6 is 0 Å². The largest absolute Gasteiger partial charge is 0.337 e. The lowest BCUT2D eigenvalue weighted by Gasteiger charge is -2.00. The summed E-state index contributed by atoms with van der Waals surface area (Å²) in [5, 5.41) is 14.2. The van der Waals surface area contributed by atoms with E-state index in [0.717, 1.165) is 0 Å². The van der Waals surface area contributed by atoms with Crippen molar-refractivity contribution in [2.45, 2.75) is 51.9 Å². The highest BCUT2D eigenvalue weighted by Crippen LogP contribution is 2.08. The third-order valence-electron chi connectivity index (χ3n) is 2.82. The van der Waals surface area contributed by atoms with E-state index in [1.54, 1.807) is 0 Å². The van der Waals surface area contributed by atoms with Crippen molar-refractivity contribution in [1.82, 2.24) is 0 Å². The van der Waals surface area contributed by atoms with Crippen LogP contribution in [0.15, 0.2) is 24.5 Å². The third-order valence-corrected chi connectivity index (χ3v) is 2.82. The van der Waals surface area contributed by atoms with Crippen LogP contribution in [0.1, 0.15) is 51.0 Å². The molecule has 1 heterocycles. The van der Waals surface area contributed by atoms with Gasteiger partial charge in [0.2, 0.25) is 0 Å². The first kappa shape index (κ1) is 21.0. The van der Waals surface area contributed by atoms with Crippen LogP contribution in [-0.4, -0.2) is 0 Å². The topological polar surface area (TPSA) is 103 Å². The number of nitriles is 2. The van der Waals surface area contributed by atoms with Crippen molar-refractivity contribution in [3.05, 3.63) is 30.1 Å². The van der Waals surface area contributed by atoms with E-state index in [9.17, 15) is 0 Å². The average molecular weight is 290 g/mol. The van der Waals surface area contributed by atoms with Gasteiger partial charge in [0.1, 0.15) is 7.05 Å². The smallest absolute Gasteiger partial charge is 0.173 e. The van der Waals surface area contributed by atoms with E-state index in [1.807, 2.05) is 0 Å². The molecule has 5 heteroatoms. The molecular weight excluding hydrogens is 262 g/mol. The van der Waals surface area contributed by atoms with Gasteiger partial charge in [0.25, 0.3) is 0 Å². The first-order valence-electron chi connectivity index (χ1n) is 7.29. The Labute approximate surface area is 128 Å². The van der Waals surface area contributed by atoms with E-state index in [4.69, 9.17) is 10.5 Å². The number of hydrogen-bond donors (Lipinski definition) is 2. The molecule has 0 aliphatic rings. The SMILES string of the molecule is CCCCCCCCc1ccc[n+](C)c1.N#CN.N#CN. The van der Waals surface area contributed by atoms with Crippen LogP contribution in [0.2, 0.25) is 0 Å². The molecule has 0 unspecified atom stereocenters. The summed E-state index contributed by atoms with van der Waals surface area (Å²) in [5.74, 6) is 0. The van der Waals surface area contributed by atoms with Gasteiger partial charge in [-0.05, 0) is 18.9 Å². The Morgan fingerprint density at radius 2 is 1.57 bits per heavy atom. The van der Waals surface area contributed by atoms with Gasteiger partial charge in [-0.3, -0.25) is 0 Å². The zero-order valence-electron chi connectivity index (χ0n) is 13.3. The monoisotopic (exact) mass is 290 g/mol. The zero-order valence-corrected chi connectivity index (χ0v) is 13.3. The van der Waals surface area contributed by atoms with Gasteiger partial charge in [-0.1, -0.05) is 39.0 Å². The minimum atomic E-state index is 1.24. The maximum absolute atomic E-state index is 7.10. The summed E-state index contributed by atoms with van der Waals surface area (Å²) in [6, 6.07) is 4.36. The highest BCUT2D eigenvalue weighted by Gasteiger charge is 1.97. The van der Waals surface area contributed by atoms with E-state index in [1.165, 1.54) is 62.9 Å². The molecule has 4 N–H and O–H groups in total. The number of hydrogen-bond acceptors (Lipinski definition) is 4. The first-order valence-corrected chi connectivity index (χ1v) is 7.29. The molecule has 0 saturated heterocycles. The van der Waals surface area contributed by atoms with Gasteiger partial charge in [-0.2, -0.15) is 10.5 Å². The van der Waals surface area contributed by atoms with E-state index in [-0.39, 0.29) is 0 Å². The van der Waals surface area contributed by atoms with E-state index >= 15 is 0 Å². The fraction of sp³-hybridized carbons (Fsp3) is 0.562. The number of nitrogens with zero attached hydrogens (tertiary/aromatic N) is 3. The van der Waals surface area contributed by atoms with Crippen LogP contribution in [0.4, 0.5) is 0 Å². The van der Waals surface area contributed by atoms with Crippen LogP contribution < -0.4 is 16.0 Å². The van der Waals surface area contributed by atoms with Crippen molar-refractivity contribution in [1.29, 1.82) is 10.5 Å². The summed E-state index contributed by atoms with van der Waals surface area (Å²) >= 11 is 0. The highest BCUT2D eigenvalue weighted by molar-refractivity contribution is 5.05. The lowest BCUT2D eigenvalue weighted by molar-refractivity contribution is -0.671. The summed E-state index contributed by atoms with van der Waals surface area (Å²) in [6.45, 7) is 2.27. The molecular formula is C16H28N5+. The standard InChI is InChI=1S/C14H24N.2CH2N2/c1-3-4-5-6-7-8-10-14-11-9-12-15(2)13-14;2*2-1-3/h9,11-13H,3-8,10H2,1-2H3;2*2H2/q+1;;. The van der Waals surface area contributed by atoms with Gasteiger partial charge in [-0.15, -0.1) is 0 Å². The molecule has 0 aliphatic heterocycles. The summed E-state index contributed by atoms with van der Waals surface area (Å²) in [7, 11) is 2.09. The van der Waals surface area contributed by atoms with Crippen molar-refractivity contribution in [3.63, 3.8) is 0 Å². The predicted octanol–water partition coefficient (Wildman–Crippen LogP) is 2.27. The van der Waals surface area contributed by atoms with E-state index in [0.29, 0.717) is 0 Å². The normalized spacial score (nSPS) is 8.19. The Bertz CT molecular complexity index is 405. The van der Waals surface area contributed by atoms with Gasteiger partial charge in [0, 0.05) is 11.6 Å². The molecule has 0 radical (unpaired) electrons. The highest BCUT2D eigenvalue weighted by atomic mass is 14.9. The second-order valence-corrected chi connectivity index (χ2v) is 4.65. The second kappa shape index (κ2) is 17.7. The van der Waals surface area contributed by atoms with E-state index < -0.39 is 0 Å². The molecule has 0 fully saturated rings. The molecule has 5 nitrogen and oxygen atoms in total. The van der Waals surface area contributed by atoms with E-state index in [2.05, 4.69) is 54.5 Å². The Morgan fingerprint density at radius 3 is 2.10 bits per heavy atom. The number of unbranched alkanes of at least 4 members (excludes halogenated alkanes) is 5. The molecule has 0 spiro atoms. The average Bonchev–Trinajstić information content (AvgIpc) is 2.44. The summed E-state index contributed by atoms with van der Waals surface area (Å²) in [6.07, 6.45) is 16.4. The van der Waals surface area contributed by atoms with Crippen molar-refractivity contribution in [3.8, 4) is 12.4 Å². The summed E-state index contributed by atoms with van der Waals surface area (Å²) < 4.78 is 2.13. The Hall–Kier alpha value is -2.27. The van der Waals surface area contributed by atoms with Crippen molar-refractivity contribution < 1.29 is 4.57 Å². The molecule has 0 aromatic carbocycles. The molecule has 1 aromatic heterocycles. The Balaban J connectivity index is 0. The number of aromatic nitrogens is 1. The summed E-state index contributed by atoms with van der Waals surface area (Å²) in [4.78, 5) is 0. The molecule has 1 rings (SSSR count). The van der Waals surface area contributed by atoms with Crippen molar-refractivity contribution in [2.75, 3.05) is 0 Å². The van der Waals surface area contributed by atoms with Crippen LogP contribution in [-0.2, 0) is 13.5 Å². The third kappa shape index (κ3) is 17.7. The number of pyridine rings is 1. The van der Waals surface area contributed by atoms with Crippen molar-refractivity contribution >= 4 is 0 Å². The molecule has 0 amide bonds. The van der Waals surface area contributed by atoms with Gasteiger partial charge < -0.3 is 11.5 Å². The van der Waals surface area contributed by atoms with Crippen LogP contribution in [0.3, 0.4) is 0 Å². The van der Waals surface area contributed by atoms with Gasteiger partial charge in [-0.25, -0.2) is 4.57 Å². The number of aryl methyl sites for hydroxylation is 2. The van der Waals surface area contributed by atoms with Crippen LogP contribution in [0.25, 0.3) is 0 Å². The maximum Gasteiger partial charge on any atom is 0.173 e. The first-order chi connectivity index (χ1) is 10.2. The van der Waals surface area contributed by atoms with Gasteiger partial charge >= 0.3 is 0 Å². The molecule has 1 aromatic rings. The number of nitrogens with two attached hydrogens (primary N) is 2. The predicted molar refractivity (Wildman–Crippen MR) is 84.3 cm³/mol. The molecule has 21 heavy (non-hydrogen) atoms. The quantitative estimate of drug-likeness (QED) is 0.348. The van der Waals surface area contributed by atoms with Crippen LogP contribution in [0.5, 0.6) is 0 Å². The van der Waals surface area contributed by atoms with Crippen molar-refractivity contribution in [2.24, 2.45) is 18.5 Å². The van der Waals surface area contributed by atoms with Gasteiger partial charge in [0.05, 0.1) is 0 Å². The minimum Gasteiger partial charge on any atom is -0.337 e. The molecule has 116 valence electrons. The Kier molecular flexibility index (Phi) is 17.8. The lowest BCUT2D eigenvalue weighted by Crippen LogP contribution is -2.26. The molecule has 0 atom stereocenters. The summed E-state index contributed by atoms with van der Waals surface area (Å²) in [5.41, 5.74) is 9.77. The Morgan fingerprint density at radius 1 is 1.05 bits per heavy atom. The van der Waals surface area contributed by atoms with Gasteiger partial charge in [0.15, 0.2) is 24.8 Å². The maximum atomic E-state index is 7.10. The second-order valence-electron chi connectivity index (χ2n) is 4.65. The molecule has 0 aliphatic carbocycles. The number of rotatable bonds is 7. The van der Waals surface area contributed by atoms with Crippen LogP contribution in [0, 0.1) is 22.9 Å². The zero-order chi connectivity index (χ0) is 16.3. The molecule has 0 saturated carbocycles. The fourth-order valence-corrected chi connectivity index (χ4v) is 1.91. The lowest BCUT2D eigenvalue weighted by atomic mass is 10.1. The fourth-order valence-electron chi connectivity index (χ4n) is 1.91. The molecule has 0 bridgehead atoms.